The lowest BCUT2D eigenvalue weighted by molar-refractivity contribution is -0.144. The van der Waals surface area contributed by atoms with Crippen molar-refractivity contribution in [3.8, 4) is 10.4 Å². The third-order valence-corrected chi connectivity index (χ3v) is 7.73. The van der Waals surface area contributed by atoms with E-state index >= 15 is 0 Å². The number of likely N-dealkylation sites (tertiary alicyclic amines) is 1. The molecule has 0 bridgehead atoms. The zero-order valence-corrected chi connectivity index (χ0v) is 25.2. The number of carboxylic acid groups (broad SMARTS) is 1. The Balaban J connectivity index is 1.55. The number of β-amino-alcohol motifs (C(OH)–C–C–N with tert-alkyl or cyclic N) is 1. The summed E-state index contributed by atoms with van der Waals surface area (Å²) in [4.78, 5) is 56.6. The SMILES string of the molecule is Cc1ncsc1-c1ccc(CNC(=O)C2CC(O)CN2C(=O)C(NC(=O)COCCCOCC(=O)O)C(C)(C)C)cc1. The number of aromatic nitrogens is 1. The number of rotatable bonds is 14. The Hall–Kier alpha value is -3.39. The third-order valence-electron chi connectivity index (χ3n) is 6.75. The number of carbonyl (C=O) groups is 4. The van der Waals surface area contributed by atoms with Gasteiger partial charge in [0.15, 0.2) is 0 Å². The highest BCUT2D eigenvalue weighted by atomic mass is 32.1. The number of ether oxygens (including phenoxy) is 2. The van der Waals surface area contributed by atoms with E-state index in [9.17, 15) is 24.3 Å². The molecule has 0 aliphatic carbocycles. The van der Waals surface area contributed by atoms with Crippen LogP contribution < -0.4 is 10.6 Å². The van der Waals surface area contributed by atoms with Crippen LogP contribution in [0.4, 0.5) is 0 Å². The van der Waals surface area contributed by atoms with Gasteiger partial charge in [-0.15, -0.1) is 11.3 Å². The van der Waals surface area contributed by atoms with E-state index in [0.717, 1.165) is 21.7 Å². The molecule has 0 radical (unpaired) electrons. The quantitative estimate of drug-likeness (QED) is 0.235. The highest BCUT2D eigenvalue weighted by Gasteiger charge is 2.44. The van der Waals surface area contributed by atoms with Crippen LogP contribution in [0.2, 0.25) is 0 Å². The predicted molar refractivity (Wildman–Crippen MR) is 156 cm³/mol. The summed E-state index contributed by atoms with van der Waals surface area (Å²) in [5, 5.41) is 24.5. The fourth-order valence-electron chi connectivity index (χ4n) is 4.57. The number of aliphatic hydroxyl groups excluding tert-OH is 1. The summed E-state index contributed by atoms with van der Waals surface area (Å²) in [7, 11) is 0. The molecule has 2 aromatic rings. The second-order valence-corrected chi connectivity index (χ2v) is 12.2. The van der Waals surface area contributed by atoms with Gasteiger partial charge in [-0.1, -0.05) is 45.0 Å². The number of nitrogens with one attached hydrogen (secondary N) is 2. The molecule has 1 saturated heterocycles. The maximum absolute atomic E-state index is 13.7. The first-order valence-corrected chi connectivity index (χ1v) is 14.7. The molecule has 1 aromatic carbocycles. The van der Waals surface area contributed by atoms with Crippen molar-refractivity contribution in [2.24, 2.45) is 5.41 Å². The molecule has 12 nitrogen and oxygen atoms in total. The Bertz CT molecular complexity index is 1230. The van der Waals surface area contributed by atoms with Crippen LogP contribution in [0.1, 0.15) is 44.9 Å². The minimum absolute atomic E-state index is 0.0187. The summed E-state index contributed by atoms with van der Waals surface area (Å²) in [5.41, 5.74) is 4.01. The van der Waals surface area contributed by atoms with Gasteiger partial charge in [-0.05, 0) is 29.9 Å². The topological polar surface area (TPSA) is 167 Å². The number of hydrogen-bond acceptors (Lipinski definition) is 9. The summed E-state index contributed by atoms with van der Waals surface area (Å²) >= 11 is 1.57. The maximum Gasteiger partial charge on any atom is 0.329 e. The number of nitrogens with zero attached hydrogens (tertiary/aromatic N) is 2. The monoisotopic (exact) mass is 604 g/mol. The molecule has 3 amide bonds. The summed E-state index contributed by atoms with van der Waals surface area (Å²) in [6, 6.07) is 5.97. The van der Waals surface area contributed by atoms with Crippen LogP contribution in [-0.4, -0.2) is 94.9 Å². The van der Waals surface area contributed by atoms with Crippen molar-refractivity contribution in [3.63, 3.8) is 0 Å². The van der Waals surface area contributed by atoms with E-state index in [0.29, 0.717) is 6.42 Å². The summed E-state index contributed by atoms with van der Waals surface area (Å²) in [6.07, 6.45) is -0.366. The van der Waals surface area contributed by atoms with Crippen molar-refractivity contribution >= 4 is 35.0 Å². The predicted octanol–water partition coefficient (Wildman–Crippen LogP) is 1.74. The number of carbonyl (C=O) groups excluding carboxylic acids is 3. The first-order chi connectivity index (χ1) is 19.9. The standard InChI is InChI=1S/C29H40N4O8S/c1-18-25(42-17-31-18)20-8-6-19(7-9-20)13-30-27(38)22-12-21(34)14-33(22)28(39)26(29(2,3)4)32-23(35)15-40-10-5-11-41-16-24(36)37/h6-9,17,21-22,26,34H,5,10-16H2,1-4H3,(H,30,38)(H,32,35)(H,36,37). The van der Waals surface area contributed by atoms with Crippen molar-refractivity contribution < 1.29 is 38.9 Å². The molecular weight excluding hydrogens is 564 g/mol. The van der Waals surface area contributed by atoms with Gasteiger partial charge in [0.2, 0.25) is 17.7 Å². The number of carboxylic acids is 1. The Morgan fingerprint density at radius 1 is 1.12 bits per heavy atom. The average Bonchev–Trinajstić information content (AvgIpc) is 3.54. The molecule has 3 rings (SSSR count). The summed E-state index contributed by atoms with van der Waals surface area (Å²) in [6.45, 7) is 7.25. The number of hydrogen-bond donors (Lipinski definition) is 4. The number of amides is 3. The first-order valence-electron chi connectivity index (χ1n) is 13.8. The highest BCUT2D eigenvalue weighted by Crippen LogP contribution is 2.28. The van der Waals surface area contributed by atoms with Gasteiger partial charge in [0, 0.05) is 32.7 Å². The van der Waals surface area contributed by atoms with Crippen LogP contribution in [0.3, 0.4) is 0 Å². The van der Waals surface area contributed by atoms with Gasteiger partial charge in [0.25, 0.3) is 0 Å². The van der Waals surface area contributed by atoms with Gasteiger partial charge < -0.3 is 35.2 Å². The van der Waals surface area contributed by atoms with Crippen LogP contribution in [0.5, 0.6) is 0 Å². The van der Waals surface area contributed by atoms with E-state index in [1.165, 1.54) is 4.90 Å². The Morgan fingerprint density at radius 2 is 1.79 bits per heavy atom. The molecular formula is C29H40N4O8S. The second-order valence-electron chi connectivity index (χ2n) is 11.3. The number of aliphatic hydroxyl groups is 1. The lowest BCUT2D eigenvalue weighted by Gasteiger charge is -2.35. The summed E-state index contributed by atoms with van der Waals surface area (Å²) < 4.78 is 10.3. The number of benzene rings is 1. The first kappa shape index (κ1) is 33.1. The van der Waals surface area contributed by atoms with Crippen LogP contribution in [0.25, 0.3) is 10.4 Å². The normalized spacial score (nSPS) is 17.6. The number of thiazole rings is 1. The van der Waals surface area contributed by atoms with Crippen molar-refractivity contribution in [2.75, 3.05) is 33.0 Å². The van der Waals surface area contributed by atoms with Crippen molar-refractivity contribution in [1.82, 2.24) is 20.5 Å². The van der Waals surface area contributed by atoms with Crippen LogP contribution in [-0.2, 0) is 35.2 Å². The van der Waals surface area contributed by atoms with Gasteiger partial charge in [-0.3, -0.25) is 14.4 Å². The number of aryl methyl sites for hydroxylation is 1. The van der Waals surface area contributed by atoms with Crippen LogP contribution >= 0.6 is 11.3 Å². The third kappa shape index (κ3) is 9.58. The molecule has 13 heteroatoms. The van der Waals surface area contributed by atoms with Gasteiger partial charge >= 0.3 is 5.97 Å². The van der Waals surface area contributed by atoms with Gasteiger partial charge in [0.1, 0.15) is 25.3 Å². The molecule has 3 atom stereocenters. The second kappa shape index (κ2) is 15.2. The molecule has 1 aromatic heterocycles. The molecule has 42 heavy (non-hydrogen) atoms. The van der Waals surface area contributed by atoms with E-state index in [1.54, 1.807) is 37.6 Å². The fourth-order valence-corrected chi connectivity index (χ4v) is 5.38. The highest BCUT2D eigenvalue weighted by molar-refractivity contribution is 7.13. The lowest BCUT2D eigenvalue weighted by Crippen LogP contribution is -2.58. The van der Waals surface area contributed by atoms with Gasteiger partial charge in [-0.25, -0.2) is 9.78 Å². The van der Waals surface area contributed by atoms with E-state index in [2.05, 4.69) is 15.6 Å². The maximum atomic E-state index is 13.7. The molecule has 2 heterocycles. The Morgan fingerprint density at radius 3 is 2.38 bits per heavy atom. The van der Waals surface area contributed by atoms with Crippen LogP contribution in [0, 0.1) is 12.3 Å². The van der Waals surface area contributed by atoms with Crippen molar-refractivity contribution in [2.45, 2.75) is 65.3 Å². The Labute approximate surface area is 249 Å². The molecule has 4 N–H and O–H groups in total. The molecule has 3 unspecified atom stereocenters. The van der Waals surface area contributed by atoms with Gasteiger partial charge in [0.05, 0.1) is 22.2 Å². The molecule has 1 fully saturated rings. The van der Waals surface area contributed by atoms with E-state index in [1.807, 2.05) is 31.2 Å². The zero-order valence-electron chi connectivity index (χ0n) is 24.4. The molecule has 230 valence electrons. The van der Waals surface area contributed by atoms with E-state index in [4.69, 9.17) is 14.6 Å². The summed E-state index contributed by atoms with van der Waals surface area (Å²) in [5.74, 6) is -2.41. The zero-order chi connectivity index (χ0) is 30.9. The molecule has 0 saturated carbocycles. The average molecular weight is 605 g/mol. The van der Waals surface area contributed by atoms with Crippen molar-refractivity contribution in [1.29, 1.82) is 0 Å². The molecule has 0 spiro atoms. The van der Waals surface area contributed by atoms with E-state index in [-0.39, 0.29) is 45.2 Å². The molecule has 1 aliphatic rings. The Kier molecular flexibility index (Phi) is 12.0. The minimum Gasteiger partial charge on any atom is -0.480 e. The number of aliphatic carboxylic acids is 1. The van der Waals surface area contributed by atoms with Crippen LogP contribution in [0.15, 0.2) is 29.8 Å². The largest absolute Gasteiger partial charge is 0.480 e. The lowest BCUT2D eigenvalue weighted by atomic mass is 9.85. The van der Waals surface area contributed by atoms with E-state index < -0.39 is 48.0 Å². The van der Waals surface area contributed by atoms with Crippen molar-refractivity contribution in [3.05, 3.63) is 41.0 Å². The fraction of sp³-hybridized carbons (Fsp3) is 0.552. The smallest absolute Gasteiger partial charge is 0.329 e. The van der Waals surface area contributed by atoms with Gasteiger partial charge in [-0.2, -0.15) is 0 Å². The minimum atomic E-state index is -1.06. The molecule has 1 aliphatic heterocycles.